The Kier molecular flexibility index (Phi) is 4.61. The van der Waals surface area contributed by atoms with Crippen molar-refractivity contribution in [2.75, 3.05) is 18.4 Å². The van der Waals surface area contributed by atoms with Crippen molar-refractivity contribution in [2.45, 2.75) is 38.6 Å². The Balaban J connectivity index is 1.40. The van der Waals surface area contributed by atoms with Crippen LogP contribution in [0.2, 0.25) is 0 Å². The van der Waals surface area contributed by atoms with Crippen LogP contribution in [0.15, 0.2) is 28.8 Å². The molecule has 3 atom stereocenters. The van der Waals surface area contributed by atoms with Crippen molar-refractivity contribution in [1.82, 2.24) is 15.0 Å². The zero-order chi connectivity index (χ0) is 18.1. The Bertz CT molecular complexity index is 776. The molecule has 0 bridgehead atoms. The van der Waals surface area contributed by atoms with Crippen LogP contribution in [0.4, 0.5) is 10.3 Å². The number of carbonyl (C=O) groups excluding carboxylic acids is 1. The summed E-state index contributed by atoms with van der Waals surface area (Å²) in [6.45, 7) is 3.30. The van der Waals surface area contributed by atoms with E-state index in [1.54, 1.807) is 19.1 Å². The summed E-state index contributed by atoms with van der Waals surface area (Å²) >= 11 is 0. The number of likely N-dealkylation sites (tertiary alicyclic amines) is 1. The van der Waals surface area contributed by atoms with E-state index >= 15 is 0 Å². The van der Waals surface area contributed by atoms with Gasteiger partial charge < -0.3 is 14.7 Å². The Morgan fingerprint density at radius 1 is 1.31 bits per heavy atom. The maximum absolute atomic E-state index is 13.0. The molecule has 7 heteroatoms. The summed E-state index contributed by atoms with van der Waals surface area (Å²) in [4.78, 5) is 18.1. The second-order valence-electron chi connectivity index (χ2n) is 7.34. The minimum Gasteiger partial charge on any atom is -0.348 e. The molecule has 0 radical (unpaired) electrons. The highest BCUT2D eigenvalue weighted by Crippen LogP contribution is 2.37. The van der Waals surface area contributed by atoms with E-state index in [2.05, 4.69) is 15.5 Å². The molecule has 26 heavy (non-hydrogen) atoms. The van der Waals surface area contributed by atoms with Gasteiger partial charge in [0.1, 0.15) is 5.82 Å². The van der Waals surface area contributed by atoms with Gasteiger partial charge >= 0.3 is 0 Å². The second-order valence-corrected chi connectivity index (χ2v) is 7.34. The summed E-state index contributed by atoms with van der Waals surface area (Å²) in [7, 11) is 0. The number of nitrogens with zero attached hydrogens (tertiary/aromatic N) is 3. The van der Waals surface area contributed by atoms with Crippen LogP contribution in [0.1, 0.15) is 37.6 Å². The third kappa shape index (κ3) is 3.57. The molecule has 1 amide bonds. The minimum absolute atomic E-state index is 0.152. The number of rotatable bonds is 4. The molecule has 0 spiro atoms. The summed E-state index contributed by atoms with van der Waals surface area (Å²) in [6.07, 6.45) is 3.85. The number of anilines is 1. The van der Waals surface area contributed by atoms with Crippen molar-refractivity contribution in [3.8, 4) is 0 Å². The highest BCUT2D eigenvalue weighted by molar-refractivity contribution is 5.73. The highest BCUT2D eigenvalue weighted by atomic mass is 19.1. The SMILES string of the molecule is CC(=O)N1CC2CCCC(Nc3noc(Cc4ccc(F)cc4)n3)C2C1. The molecule has 2 heterocycles. The number of aromatic nitrogens is 2. The predicted octanol–water partition coefficient (Wildman–Crippen LogP) is 2.86. The molecule has 1 aliphatic heterocycles. The lowest BCUT2D eigenvalue weighted by Crippen LogP contribution is -2.38. The van der Waals surface area contributed by atoms with Gasteiger partial charge in [0.25, 0.3) is 5.95 Å². The summed E-state index contributed by atoms with van der Waals surface area (Å²) < 4.78 is 18.3. The van der Waals surface area contributed by atoms with Crippen molar-refractivity contribution >= 4 is 11.9 Å². The summed E-state index contributed by atoms with van der Waals surface area (Å²) in [5.41, 5.74) is 0.923. The van der Waals surface area contributed by atoms with E-state index in [1.165, 1.54) is 18.6 Å². The lowest BCUT2D eigenvalue weighted by Gasteiger charge is -2.32. The molecule has 1 N–H and O–H groups in total. The van der Waals surface area contributed by atoms with Gasteiger partial charge in [0, 0.05) is 32.0 Å². The van der Waals surface area contributed by atoms with E-state index in [9.17, 15) is 9.18 Å². The summed E-state index contributed by atoms with van der Waals surface area (Å²) in [6, 6.07) is 6.54. The number of fused-ring (bicyclic) bond motifs is 1. The number of halogens is 1. The van der Waals surface area contributed by atoms with Crippen LogP contribution < -0.4 is 5.32 Å². The van der Waals surface area contributed by atoms with Crippen molar-refractivity contribution in [3.63, 3.8) is 0 Å². The average Bonchev–Trinajstić information content (AvgIpc) is 3.24. The summed E-state index contributed by atoms with van der Waals surface area (Å²) in [5, 5.41) is 7.45. The van der Waals surface area contributed by atoms with E-state index in [1.807, 2.05) is 4.90 Å². The van der Waals surface area contributed by atoms with Crippen molar-refractivity contribution in [3.05, 3.63) is 41.5 Å². The van der Waals surface area contributed by atoms with Gasteiger partial charge in [-0.25, -0.2) is 4.39 Å². The first-order chi connectivity index (χ1) is 12.6. The number of carbonyl (C=O) groups is 1. The van der Waals surface area contributed by atoms with Crippen LogP contribution in [0, 0.1) is 17.7 Å². The molecule has 4 rings (SSSR count). The van der Waals surface area contributed by atoms with Gasteiger partial charge in [-0.3, -0.25) is 4.79 Å². The van der Waals surface area contributed by atoms with E-state index in [0.717, 1.165) is 31.5 Å². The molecule has 1 saturated heterocycles. The van der Waals surface area contributed by atoms with E-state index in [4.69, 9.17) is 4.52 Å². The molecule has 2 aromatic rings. The predicted molar refractivity (Wildman–Crippen MR) is 94.0 cm³/mol. The zero-order valence-electron chi connectivity index (χ0n) is 14.8. The maximum atomic E-state index is 13.0. The van der Waals surface area contributed by atoms with Gasteiger partial charge in [0.2, 0.25) is 11.8 Å². The fourth-order valence-electron chi connectivity index (χ4n) is 4.24. The van der Waals surface area contributed by atoms with Crippen molar-refractivity contribution < 1.29 is 13.7 Å². The zero-order valence-corrected chi connectivity index (χ0v) is 14.8. The van der Waals surface area contributed by atoms with Gasteiger partial charge in [-0.2, -0.15) is 4.98 Å². The van der Waals surface area contributed by atoms with E-state index < -0.39 is 0 Å². The first kappa shape index (κ1) is 17.0. The largest absolute Gasteiger partial charge is 0.348 e. The first-order valence-electron chi connectivity index (χ1n) is 9.17. The molecular weight excluding hydrogens is 335 g/mol. The van der Waals surface area contributed by atoms with Gasteiger partial charge in [-0.1, -0.05) is 18.6 Å². The molecule has 2 aliphatic rings. The molecular formula is C19H23FN4O2. The van der Waals surface area contributed by atoms with Crippen molar-refractivity contribution in [2.24, 2.45) is 11.8 Å². The third-order valence-corrected chi connectivity index (χ3v) is 5.59. The van der Waals surface area contributed by atoms with Gasteiger partial charge in [-0.05, 0) is 41.6 Å². The van der Waals surface area contributed by atoms with Crippen LogP contribution in [0.5, 0.6) is 0 Å². The first-order valence-corrected chi connectivity index (χ1v) is 9.17. The molecule has 6 nitrogen and oxygen atoms in total. The van der Waals surface area contributed by atoms with Gasteiger partial charge in [0.15, 0.2) is 0 Å². The number of amides is 1. The second kappa shape index (κ2) is 7.05. The quantitative estimate of drug-likeness (QED) is 0.910. The Labute approximate surface area is 151 Å². The Morgan fingerprint density at radius 3 is 2.88 bits per heavy atom. The standard InChI is InChI=1S/C19H23FN4O2/c1-12(25)24-10-14-3-2-4-17(16(14)11-24)21-19-22-18(26-23-19)9-13-5-7-15(20)8-6-13/h5-8,14,16-17H,2-4,9-11H2,1H3,(H,21,23). The van der Waals surface area contributed by atoms with E-state index in [-0.39, 0.29) is 17.8 Å². The van der Waals surface area contributed by atoms with Crippen LogP contribution in [-0.4, -0.2) is 40.1 Å². The van der Waals surface area contributed by atoms with Gasteiger partial charge in [0.05, 0.1) is 6.42 Å². The lowest BCUT2D eigenvalue weighted by atomic mass is 9.78. The fourth-order valence-corrected chi connectivity index (χ4v) is 4.24. The molecule has 1 aliphatic carbocycles. The molecule has 1 aromatic heterocycles. The monoisotopic (exact) mass is 358 g/mol. The maximum Gasteiger partial charge on any atom is 0.263 e. The minimum atomic E-state index is -0.260. The molecule has 2 fully saturated rings. The smallest absolute Gasteiger partial charge is 0.263 e. The van der Waals surface area contributed by atoms with Crippen LogP contribution in [0.3, 0.4) is 0 Å². The molecule has 1 aromatic carbocycles. The van der Waals surface area contributed by atoms with Crippen LogP contribution in [0.25, 0.3) is 0 Å². The lowest BCUT2D eigenvalue weighted by molar-refractivity contribution is -0.128. The van der Waals surface area contributed by atoms with E-state index in [0.29, 0.717) is 30.1 Å². The molecule has 1 saturated carbocycles. The average molecular weight is 358 g/mol. The fraction of sp³-hybridized carbons (Fsp3) is 0.526. The Morgan fingerprint density at radius 2 is 2.12 bits per heavy atom. The number of benzene rings is 1. The van der Waals surface area contributed by atoms with Crippen molar-refractivity contribution in [1.29, 1.82) is 0 Å². The van der Waals surface area contributed by atoms with Crippen LogP contribution >= 0.6 is 0 Å². The number of nitrogens with one attached hydrogen (secondary N) is 1. The summed E-state index contributed by atoms with van der Waals surface area (Å²) in [5.74, 6) is 1.88. The number of hydrogen-bond acceptors (Lipinski definition) is 5. The topological polar surface area (TPSA) is 71.3 Å². The normalized spacial score (nSPS) is 25.2. The van der Waals surface area contributed by atoms with Crippen LogP contribution in [-0.2, 0) is 11.2 Å². The highest BCUT2D eigenvalue weighted by Gasteiger charge is 2.41. The third-order valence-electron chi connectivity index (χ3n) is 5.59. The molecule has 3 unspecified atom stereocenters. The van der Waals surface area contributed by atoms with Gasteiger partial charge in [-0.15, -0.1) is 0 Å². The molecule has 138 valence electrons. The number of hydrogen-bond donors (Lipinski definition) is 1. The Hall–Kier alpha value is -2.44.